The van der Waals surface area contributed by atoms with Crippen LogP contribution in [0.4, 0.5) is 0 Å². The lowest BCUT2D eigenvalue weighted by molar-refractivity contribution is -0.119. The molecule has 6 nitrogen and oxygen atoms in total. The maximum Gasteiger partial charge on any atom is 0.241 e. The molecule has 1 aliphatic heterocycles. The van der Waals surface area contributed by atoms with Gasteiger partial charge in [0.05, 0.1) is 6.61 Å². The molecule has 3 N–H and O–H groups in total. The van der Waals surface area contributed by atoms with Gasteiger partial charge in [-0.05, 0) is 0 Å². The maximum absolute atomic E-state index is 11.4. The number of halogens is 1. The summed E-state index contributed by atoms with van der Waals surface area (Å²) in [4.78, 5) is 17.5. The molecule has 8 heteroatoms. The molecule has 1 rings (SSSR count). The van der Waals surface area contributed by atoms with Crippen LogP contribution in [-0.4, -0.2) is 68.2 Å². The summed E-state index contributed by atoms with van der Waals surface area (Å²) >= 11 is 1.91. The summed E-state index contributed by atoms with van der Waals surface area (Å²) < 4.78 is 4.83. The van der Waals surface area contributed by atoms with Crippen molar-refractivity contribution in [2.45, 2.75) is 0 Å². The standard InChI is InChI=1S/C10H20N4O2S.HI/c1-16-5-2-12-9(15)8-13-10(11)14-3-6-17-7-4-14;/h2-8H2,1H3,(H2,11,13)(H,12,15);1H. The third-order valence-corrected chi connectivity index (χ3v) is 3.29. The summed E-state index contributed by atoms with van der Waals surface area (Å²) in [5, 5.41) is 2.69. The summed E-state index contributed by atoms with van der Waals surface area (Å²) in [6.07, 6.45) is 0. The number of thioether (sulfide) groups is 1. The van der Waals surface area contributed by atoms with Crippen molar-refractivity contribution in [3.63, 3.8) is 0 Å². The average molecular weight is 388 g/mol. The van der Waals surface area contributed by atoms with Gasteiger partial charge in [-0.15, -0.1) is 24.0 Å². The van der Waals surface area contributed by atoms with Crippen molar-refractivity contribution in [2.24, 2.45) is 10.7 Å². The van der Waals surface area contributed by atoms with E-state index in [2.05, 4.69) is 10.3 Å². The first-order chi connectivity index (χ1) is 8.24. The Bertz CT molecular complexity index is 273. The van der Waals surface area contributed by atoms with Gasteiger partial charge in [0.25, 0.3) is 0 Å². The third kappa shape index (κ3) is 7.27. The highest BCUT2D eigenvalue weighted by Gasteiger charge is 2.12. The molecule has 0 spiro atoms. The molecule has 106 valence electrons. The van der Waals surface area contributed by atoms with E-state index in [4.69, 9.17) is 10.5 Å². The Kier molecular flexibility index (Phi) is 10.5. The summed E-state index contributed by atoms with van der Waals surface area (Å²) in [6.45, 7) is 2.91. The van der Waals surface area contributed by atoms with E-state index in [0.717, 1.165) is 24.6 Å². The minimum Gasteiger partial charge on any atom is -0.383 e. The number of carbonyl (C=O) groups excluding carboxylic acids is 1. The van der Waals surface area contributed by atoms with Crippen LogP contribution in [-0.2, 0) is 9.53 Å². The van der Waals surface area contributed by atoms with Crippen molar-refractivity contribution in [2.75, 3.05) is 51.4 Å². The molecule has 1 amide bonds. The van der Waals surface area contributed by atoms with Crippen LogP contribution in [0.3, 0.4) is 0 Å². The third-order valence-electron chi connectivity index (χ3n) is 2.35. The molecule has 0 unspecified atom stereocenters. The predicted molar refractivity (Wildman–Crippen MR) is 85.7 cm³/mol. The fourth-order valence-electron chi connectivity index (χ4n) is 1.39. The molecule has 1 heterocycles. The van der Waals surface area contributed by atoms with Gasteiger partial charge < -0.3 is 20.7 Å². The van der Waals surface area contributed by atoms with Gasteiger partial charge in [0.15, 0.2) is 5.96 Å². The van der Waals surface area contributed by atoms with Crippen LogP contribution in [0, 0.1) is 0 Å². The average Bonchev–Trinajstić information content (AvgIpc) is 2.37. The molecule has 0 aromatic carbocycles. The Hall–Kier alpha value is -0.220. The molecule has 0 aromatic rings. The summed E-state index contributed by atoms with van der Waals surface area (Å²) in [7, 11) is 1.59. The topological polar surface area (TPSA) is 79.9 Å². The Labute approximate surface area is 129 Å². The van der Waals surface area contributed by atoms with Crippen LogP contribution >= 0.6 is 35.7 Å². The van der Waals surface area contributed by atoms with Crippen LogP contribution in [0.2, 0.25) is 0 Å². The number of carbonyl (C=O) groups is 1. The quantitative estimate of drug-likeness (QED) is 0.294. The molecule has 0 aliphatic carbocycles. The van der Waals surface area contributed by atoms with Gasteiger partial charge in [0, 0.05) is 38.2 Å². The molecular weight excluding hydrogens is 367 g/mol. The van der Waals surface area contributed by atoms with Crippen LogP contribution in [0.5, 0.6) is 0 Å². The zero-order valence-corrected chi connectivity index (χ0v) is 13.7. The normalized spacial score (nSPS) is 16.1. The molecule has 0 radical (unpaired) electrons. The van der Waals surface area contributed by atoms with Gasteiger partial charge in [-0.3, -0.25) is 4.79 Å². The molecule has 0 aromatic heterocycles. The van der Waals surface area contributed by atoms with E-state index in [1.54, 1.807) is 7.11 Å². The Morgan fingerprint density at radius 3 is 2.78 bits per heavy atom. The number of guanidine groups is 1. The number of methoxy groups -OCH3 is 1. The Morgan fingerprint density at radius 2 is 2.17 bits per heavy atom. The molecule has 1 aliphatic rings. The minimum atomic E-state index is -0.128. The lowest BCUT2D eigenvalue weighted by Crippen LogP contribution is -2.43. The molecular formula is C10H21IN4O2S. The van der Waals surface area contributed by atoms with Crippen molar-refractivity contribution >= 4 is 47.6 Å². The number of hydrogen-bond acceptors (Lipinski definition) is 4. The highest BCUT2D eigenvalue weighted by atomic mass is 127. The van der Waals surface area contributed by atoms with Crippen molar-refractivity contribution in [1.29, 1.82) is 0 Å². The fraction of sp³-hybridized carbons (Fsp3) is 0.800. The van der Waals surface area contributed by atoms with E-state index in [1.165, 1.54) is 0 Å². The van der Waals surface area contributed by atoms with Gasteiger partial charge >= 0.3 is 0 Å². The zero-order valence-electron chi connectivity index (χ0n) is 10.6. The Morgan fingerprint density at radius 1 is 1.50 bits per heavy atom. The van der Waals surface area contributed by atoms with Crippen molar-refractivity contribution in [1.82, 2.24) is 10.2 Å². The van der Waals surface area contributed by atoms with E-state index in [1.807, 2.05) is 16.7 Å². The van der Waals surface area contributed by atoms with Crippen LogP contribution in [0.25, 0.3) is 0 Å². The second kappa shape index (κ2) is 10.7. The zero-order chi connectivity index (χ0) is 12.5. The number of ether oxygens (including phenoxy) is 1. The number of hydrogen-bond donors (Lipinski definition) is 2. The molecule has 1 fully saturated rings. The predicted octanol–water partition coefficient (Wildman–Crippen LogP) is -0.269. The number of nitrogens with one attached hydrogen (secondary N) is 1. The lowest BCUT2D eigenvalue weighted by Gasteiger charge is -2.27. The van der Waals surface area contributed by atoms with Gasteiger partial charge in [-0.25, -0.2) is 4.99 Å². The summed E-state index contributed by atoms with van der Waals surface area (Å²) in [5.74, 6) is 2.47. The van der Waals surface area contributed by atoms with Crippen LogP contribution < -0.4 is 11.1 Å². The Balaban J connectivity index is 0.00000289. The van der Waals surface area contributed by atoms with Crippen molar-refractivity contribution < 1.29 is 9.53 Å². The maximum atomic E-state index is 11.4. The van der Waals surface area contributed by atoms with E-state index < -0.39 is 0 Å². The minimum absolute atomic E-state index is 0. The second-order valence-corrected chi connectivity index (χ2v) is 4.84. The molecule has 0 saturated carbocycles. The molecule has 18 heavy (non-hydrogen) atoms. The van der Waals surface area contributed by atoms with Gasteiger partial charge in [0.2, 0.25) is 5.91 Å². The van der Waals surface area contributed by atoms with E-state index >= 15 is 0 Å². The molecule has 0 atom stereocenters. The summed E-state index contributed by atoms with van der Waals surface area (Å²) in [6, 6.07) is 0. The largest absolute Gasteiger partial charge is 0.383 e. The van der Waals surface area contributed by atoms with Gasteiger partial charge in [-0.1, -0.05) is 0 Å². The summed E-state index contributed by atoms with van der Waals surface area (Å²) in [5.41, 5.74) is 5.81. The number of aliphatic imine (C=N–C) groups is 1. The first kappa shape index (κ1) is 17.8. The van der Waals surface area contributed by atoms with E-state index in [0.29, 0.717) is 19.1 Å². The smallest absolute Gasteiger partial charge is 0.241 e. The van der Waals surface area contributed by atoms with Crippen molar-refractivity contribution in [3.05, 3.63) is 0 Å². The van der Waals surface area contributed by atoms with Crippen molar-refractivity contribution in [3.8, 4) is 0 Å². The number of amides is 1. The second-order valence-electron chi connectivity index (χ2n) is 3.62. The fourth-order valence-corrected chi connectivity index (χ4v) is 2.30. The number of nitrogens with two attached hydrogens (primary N) is 1. The van der Waals surface area contributed by atoms with E-state index in [-0.39, 0.29) is 36.4 Å². The SMILES string of the molecule is COCCNC(=O)CN=C(N)N1CCSCC1.I. The molecule has 0 bridgehead atoms. The first-order valence-electron chi connectivity index (χ1n) is 5.62. The highest BCUT2D eigenvalue weighted by molar-refractivity contribution is 14.0. The highest BCUT2D eigenvalue weighted by Crippen LogP contribution is 2.08. The van der Waals surface area contributed by atoms with Crippen LogP contribution in [0.1, 0.15) is 0 Å². The van der Waals surface area contributed by atoms with Gasteiger partial charge in [0.1, 0.15) is 6.54 Å². The van der Waals surface area contributed by atoms with Crippen LogP contribution in [0.15, 0.2) is 4.99 Å². The van der Waals surface area contributed by atoms with Gasteiger partial charge in [-0.2, -0.15) is 11.8 Å². The number of nitrogens with zero attached hydrogens (tertiary/aromatic N) is 2. The lowest BCUT2D eigenvalue weighted by atomic mass is 10.5. The number of rotatable bonds is 5. The van der Waals surface area contributed by atoms with E-state index in [9.17, 15) is 4.79 Å². The first-order valence-corrected chi connectivity index (χ1v) is 6.77. The molecule has 1 saturated heterocycles. The monoisotopic (exact) mass is 388 g/mol.